The van der Waals surface area contributed by atoms with E-state index in [2.05, 4.69) is 24.1 Å². The molecule has 1 aliphatic carbocycles. The van der Waals surface area contributed by atoms with Crippen LogP contribution in [-0.4, -0.2) is 30.6 Å². The van der Waals surface area contributed by atoms with Gasteiger partial charge in [0, 0.05) is 25.2 Å². The van der Waals surface area contributed by atoms with E-state index in [1.165, 1.54) is 18.9 Å². The zero-order valence-electron chi connectivity index (χ0n) is 11.6. The Morgan fingerprint density at radius 1 is 1.47 bits per heavy atom. The van der Waals surface area contributed by atoms with Crippen LogP contribution in [-0.2, 0) is 0 Å². The van der Waals surface area contributed by atoms with E-state index < -0.39 is 0 Å². The van der Waals surface area contributed by atoms with Crippen LogP contribution in [0.25, 0.3) is 0 Å². The number of rotatable bonds is 7. The monoisotopic (exact) mass is 284 g/mol. The number of hydrogen-bond acceptors (Lipinski definition) is 2. The summed E-state index contributed by atoms with van der Waals surface area (Å²) < 4.78 is 13.4. The van der Waals surface area contributed by atoms with Crippen LogP contribution < -0.4 is 5.32 Å². The first kappa shape index (κ1) is 14.8. The third-order valence-corrected chi connectivity index (χ3v) is 4.07. The summed E-state index contributed by atoms with van der Waals surface area (Å²) in [5.41, 5.74) is 0.941. The highest BCUT2D eigenvalue weighted by Gasteiger charge is 2.27. The zero-order valence-corrected chi connectivity index (χ0v) is 12.4. The lowest BCUT2D eigenvalue weighted by Crippen LogP contribution is -2.34. The molecule has 0 amide bonds. The summed E-state index contributed by atoms with van der Waals surface area (Å²) in [5, 5.41) is 3.62. The molecule has 4 heteroatoms. The average molecular weight is 285 g/mol. The fourth-order valence-corrected chi connectivity index (χ4v) is 2.48. The second-order valence-electron chi connectivity index (χ2n) is 5.21. The van der Waals surface area contributed by atoms with Crippen molar-refractivity contribution in [2.24, 2.45) is 0 Å². The van der Waals surface area contributed by atoms with E-state index in [1.807, 2.05) is 6.07 Å². The lowest BCUT2D eigenvalue weighted by molar-refractivity contribution is 0.273. The number of hydrogen-bond donors (Lipinski definition) is 1. The Morgan fingerprint density at radius 2 is 2.21 bits per heavy atom. The van der Waals surface area contributed by atoms with Crippen LogP contribution in [0, 0.1) is 5.82 Å². The van der Waals surface area contributed by atoms with Crippen molar-refractivity contribution in [2.45, 2.75) is 38.8 Å². The van der Waals surface area contributed by atoms with Gasteiger partial charge in [0.05, 0.1) is 5.02 Å². The second kappa shape index (κ2) is 6.69. The minimum atomic E-state index is -0.346. The molecule has 1 fully saturated rings. The molecule has 0 aromatic heterocycles. The summed E-state index contributed by atoms with van der Waals surface area (Å²) in [7, 11) is 0. The number of benzene rings is 1. The molecule has 19 heavy (non-hydrogen) atoms. The predicted octanol–water partition coefficient (Wildman–Crippen LogP) is 3.61. The van der Waals surface area contributed by atoms with Crippen LogP contribution >= 0.6 is 11.6 Å². The first-order valence-corrected chi connectivity index (χ1v) is 7.42. The molecule has 0 saturated heterocycles. The highest BCUT2D eigenvalue weighted by Crippen LogP contribution is 2.26. The Hall–Kier alpha value is -0.640. The van der Waals surface area contributed by atoms with Crippen LogP contribution in [0.5, 0.6) is 0 Å². The second-order valence-corrected chi connectivity index (χ2v) is 5.62. The van der Waals surface area contributed by atoms with Gasteiger partial charge < -0.3 is 5.32 Å². The van der Waals surface area contributed by atoms with Crippen molar-refractivity contribution in [1.82, 2.24) is 10.2 Å². The SMILES string of the molecule is CCN(CCNC(C)c1ccc(Cl)c(F)c1)C1CC1. The van der Waals surface area contributed by atoms with Crippen molar-refractivity contribution < 1.29 is 4.39 Å². The van der Waals surface area contributed by atoms with Crippen LogP contribution in [0.4, 0.5) is 4.39 Å². The molecular weight excluding hydrogens is 263 g/mol. The maximum Gasteiger partial charge on any atom is 0.142 e. The van der Waals surface area contributed by atoms with Crippen molar-refractivity contribution in [3.05, 3.63) is 34.6 Å². The minimum absolute atomic E-state index is 0.143. The van der Waals surface area contributed by atoms with Crippen LogP contribution in [0.3, 0.4) is 0 Å². The average Bonchev–Trinajstić information content (AvgIpc) is 3.22. The third kappa shape index (κ3) is 4.16. The van der Waals surface area contributed by atoms with E-state index in [4.69, 9.17) is 11.6 Å². The summed E-state index contributed by atoms with van der Waals surface area (Å²) in [5.74, 6) is -0.346. The smallest absolute Gasteiger partial charge is 0.142 e. The summed E-state index contributed by atoms with van der Waals surface area (Å²) in [4.78, 5) is 2.50. The molecule has 1 saturated carbocycles. The number of halogens is 2. The fraction of sp³-hybridized carbons (Fsp3) is 0.600. The molecule has 2 rings (SSSR count). The van der Waals surface area contributed by atoms with Gasteiger partial charge in [0.2, 0.25) is 0 Å². The minimum Gasteiger partial charge on any atom is -0.309 e. The lowest BCUT2D eigenvalue weighted by Gasteiger charge is -2.22. The highest BCUT2D eigenvalue weighted by atomic mass is 35.5. The molecule has 0 heterocycles. The normalized spacial score (nSPS) is 16.9. The standard InChI is InChI=1S/C15H22ClFN2/c1-3-19(13-5-6-13)9-8-18-11(2)12-4-7-14(16)15(17)10-12/h4,7,10-11,13,18H,3,5-6,8-9H2,1-2H3. The molecular formula is C15H22ClFN2. The van der Waals surface area contributed by atoms with E-state index in [0.717, 1.165) is 31.2 Å². The summed E-state index contributed by atoms with van der Waals surface area (Å²) >= 11 is 5.69. The summed E-state index contributed by atoms with van der Waals surface area (Å²) in [6.45, 7) is 7.35. The van der Waals surface area contributed by atoms with Gasteiger partial charge in [-0.1, -0.05) is 24.6 Å². The number of nitrogens with one attached hydrogen (secondary N) is 1. The van der Waals surface area contributed by atoms with E-state index in [9.17, 15) is 4.39 Å². The Labute approximate surface area is 119 Å². The van der Waals surface area contributed by atoms with Crippen LogP contribution in [0.15, 0.2) is 18.2 Å². The molecule has 0 radical (unpaired) electrons. The van der Waals surface area contributed by atoms with Crippen LogP contribution in [0.2, 0.25) is 5.02 Å². The maximum absolute atomic E-state index is 13.4. The predicted molar refractivity (Wildman–Crippen MR) is 78.1 cm³/mol. The van der Waals surface area contributed by atoms with Crippen molar-refractivity contribution in [2.75, 3.05) is 19.6 Å². The van der Waals surface area contributed by atoms with Crippen molar-refractivity contribution in [3.8, 4) is 0 Å². The first-order chi connectivity index (χ1) is 9.11. The molecule has 2 nitrogen and oxygen atoms in total. The molecule has 1 unspecified atom stereocenters. The number of nitrogens with zero attached hydrogens (tertiary/aromatic N) is 1. The Kier molecular flexibility index (Phi) is 5.20. The molecule has 0 aliphatic heterocycles. The Balaban J connectivity index is 1.79. The molecule has 106 valence electrons. The van der Waals surface area contributed by atoms with Gasteiger partial charge in [-0.05, 0) is 44.0 Å². The molecule has 1 aromatic rings. The summed E-state index contributed by atoms with van der Waals surface area (Å²) in [6, 6.07) is 5.95. The van der Waals surface area contributed by atoms with Gasteiger partial charge in [-0.25, -0.2) is 4.39 Å². The van der Waals surface area contributed by atoms with Gasteiger partial charge in [0.1, 0.15) is 5.82 Å². The van der Waals surface area contributed by atoms with Gasteiger partial charge in [0.25, 0.3) is 0 Å². The first-order valence-electron chi connectivity index (χ1n) is 7.04. The van der Waals surface area contributed by atoms with E-state index in [-0.39, 0.29) is 16.9 Å². The molecule has 1 atom stereocenters. The topological polar surface area (TPSA) is 15.3 Å². The summed E-state index contributed by atoms with van der Waals surface area (Å²) in [6.07, 6.45) is 2.68. The molecule has 1 aromatic carbocycles. The van der Waals surface area contributed by atoms with Crippen molar-refractivity contribution >= 4 is 11.6 Å². The quantitative estimate of drug-likeness (QED) is 0.823. The maximum atomic E-state index is 13.4. The Morgan fingerprint density at radius 3 is 2.79 bits per heavy atom. The molecule has 1 N–H and O–H groups in total. The molecule has 0 spiro atoms. The Bertz CT molecular complexity index is 421. The van der Waals surface area contributed by atoms with E-state index >= 15 is 0 Å². The lowest BCUT2D eigenvalue weighted by atomic mass is 10.1. The van der Waals surface area contributed by atoms with Crippen molar-refractivity contribution in [1.29, 1.82) is 0 Å². The van der Waals surface area contributed by atoms with Gasteiger partial charge in [-0.2, -0.15) is 0 Å². The van der Waals surface area contributed by atoms with Gasteiger partial charge in [0.15, 0.2) is 0 Å². The van der Waals surface area contributed by atoms with Crippen LogP contribution in [0.1, 0.15) is 38.3 Å². The van der Waals surface area contributed by atoms with Gasteiger partial charge in [-0.15, -0.1) is 0 Å². The largest absolute Gasteiger partial charge is 0.309 e. The van der Waals surface area contributed by atoms with E-state index in [1.54, 1.807) is 6.07 Å². The van der Waals surface area contributed by atoms with Crippen molar-refractivity contribution in [3.63, 3.8) is 0 Å². The van der Waals surface area contributed by atoms with Gasteiger partial charge in [-0.3, -0.25) is 4.90 Å². The molecule has 0 bridgehead atoms. The van der Waals surface area contributed by atoms with Gasteiger partial charge >= 0.3 is 0 Å². The number of likely N-dealkylation sites (N-methyl/N-ethyl adjacent to an activating group) is 1. The highest BCUT2D eigenvalue weighted by molar-refractivity contribution is 6.30. The molecule has 1 aliphatic rings. The zero-order chi connectivity index (χ0) is 13.8. The van der Waals surface area contributed by atoms with E-state index in [0.29, 0.717) is 0 Å². The third-order valence-electron chi connectivity index (χ3n) is 3.76. The fourth-order valence-electron chi connectivity index (χ4n) is 2.36.